The van der Waals surface area contributed by atoms with E-state index < -0.39 is 0 Å². The van der Waals surface area contributed by atoms with Gasteiger partial charge in [0.05, 0.1) is 0 Å². The van der Waals surface area contributed by atoms with Crippen LogP contribution in [0.5, 0.6) is 5.75 Å². The number of hydrogen-bond donors (Lipinski definition) is 1. The number of nitrogens with zero attached hydrogens (tertiary/aromatic N) is 1. The van der Waals surface area contributed by atoms with Gasteiger partial charge < -0.3 is 9.67 Å². The van der Waals surface area contributed by atoms with Crippen LogP contribution in [0.4, 0.5) is 0 Å². The van der Waals surface area contributed by atoms with Crippen LogP contribution in [-0.4, -0.2) is 15.5 Å². The number of carbonyl (C=O) groups is 1. The first-order valence-electron chi connectivity index (χ1n) is 4.05. The molecule has 3 nitrogen and oxygen atoms in total. The molecule has 0 spiro atoms. The van der Waals surface area contributed by atoms with Gasteiger partial charge in [-0.2, -0.15) is 0 Å². The Bertz CT molecular complexity index is 289. The molecule has 0 saturated carbocycles. The first-order chi connectivity index (χ1) is 5.66. The van der Waals surface area contributed by atoms with Gasteiger partial charge in [0.15, 0.2) is 5.78 Å². The number of Topliss-reactive ketones (excluding diaryl/α,β-unsaturated/α-hetero) is 1. The minimum Gasteiger partial charge on any atom is -0.506 e. The predicted molar refractivity (Wildman–Crippen MR) is 46.4 cm³/mol. The van der Waals surface area contributed by atoms with Crippen molar-refractivity contribution in [3.63, 3.8) is 0 Å². The fourth-order valence-corrected chi connectivity index (χ4v) is 1.27. The van der Waals surface area contributed by atoms with E-state index >= 15 is 0 Å². The van der Waals surface area contributed by atoms with Crippen LogP contribution >= 0.6 is 0 Å². The molecule has 0 bridgehead atoms. The molecule has 0 atom stereocenters. The van der Waals surface area contributed by atoms with Crippen molar-refractivity contribution in [1.29, 1.82) is 0 Å². The van der Waals surface area contributed by atoms with Crippen LogP contribution in [0.1, 0.15) is 30.8 Å². The van der Waals surface area contributed by atoms with Gasteiger partial charge in [0.25, 0.3) is 0 Å². The second kappa shape index (κ2) is 3.43. The quantitative estimate of drug-likeness (QED) is 0.697. The van der Waals surface area contributed by atoms with E-state index in [2.05, 4.69) is 0 Å². The first-order valence-corrected chi connectivity index (χ1v) is 4.05. The lowest BCUT2D eigenvalue weighted by Gasteiger charge is -2.03. The molecule has 12 heavy (non-hydrogen) atoms. The van der Waals surface area contributed by atoms with Crippen molar-refractivity contribution in [2.75, 3.05) is 0 Å². The van der Waals surface area contributed by atoms with Gasteiger partial charge in [-0.15, -0.1) is 0 Å². The second-order valence-corrected chi connectivity index (χ2v) is 2.80. The number of hydrogen-bond acceptors (Lipinski definition) is 2. The smallest absolute Gasteiger partial charge is 0.179 e. The number of aromatic nitrogens is 1. The summed E-state index contributed by atoms with van der Waals surface area (Å²) in [5, 5.41) is 9.29. The summed E-state index contributed by atoms with van der Waals surface area (Å²) >= 11 is 0. The van der Waals surface area contributed by atoms with Crippen LogP contribution in [0.2, 0.25) is 0 Å². The Morgan fingerprint density at radius 1 is 1.67 bits per heavy atom. The minimum atomic E-state index is -0.0917. The monoisotopic (exact) mass is 167 g/mol. The van der Waals surface area contributed by atoms with E-state index in [4.69, 9.17) is 0 Å². The van der Waals surface area contributed by atoms with E-state index in [1.165, 1.54) is 6.92 Å². The standard InChI is InChI=1S/C9H13NO2/c1-3-5-10-6-4-8(12)9(10)7(2)11/h4,6,12H,3,5H2,1-2H3. The van der Waals surface area contributed by atoms with E-state index in [1.54, 1.807) is 16.8 Å². The summed E-state index contributed by atoms with van der Waals surface area (Å²) in [6.45, 7) is 4.26. The molecule has 1 N–H and O–H groups in total. The zero-order valence-corrected chi connectivity index (χ0v) is 7.37. The third kappa shape index (κ3) is 1.49. The fraction of sp³-hybridized carbons (Fsp3) is 0.444. The summed E-state index contributed by atoms with van der Waals surface area (Å²) in [5.41, 5.74) is 0.414. The molecule has 66 valence electrons. The van der Waals surface area contributed by atoms with Crippen molar-refractivity contribution in [1.82, 2.24) is 4.57 Å². The predicted octanol–water partition coefficient (Wildman–Crippen LogP) is 1.81. The van der Waals surface area contributed by atoms with Gasteiger partial charge in [-0.25, -0.2) is 0 Å². The molecule has 1 aromatic heterocycles. The van der Waals surface area contributed by atoms with Gasteiger partial charge in [0, 0.05) is 19.7 Å². The molecule has 1 heterocycles. The molecule has 3 heteroatoms. The summed E-state index contributed by atoms with van der Waals surface area (Å²) in [5.74, 6) is -0.0121. The van der Waals surface area contributed by atoms with E-state index in [0.29, 0.717) is 5.69 Å². The molecule has 0 fully saturated rings. The number of ketones is 1. The SMILES string of the molecule is CCCn1ccc(O)c1C(C)=O. The highest BCUT2D eigenvalue weighted by atomic mass is 16.3. The van der Waals surface area contributed by atoms with Crippen LogP contribution in [0.3, 0.4) is 0 Å². The van der Waals surface area contributed by atoms with Crippen molar-refractivity contribution >= 4 is 5.78 Å². The Kier molecular flexibility index (Phi) is 2.53. The molecular formula is C9H13NO2. The number of carbonyl (C=O) groups excluding carboxylic acids is 1. The van der Waals surface area contributed by atoms with Crippen molar-refractivity contribution in [2.45, 2.75) is 26.8 Å². The van der Waals surface area contributed by atoms with Gasteiger partial charge >= 0.3 is 0 Å². The highest BCUT2D eigenvalue weighted by Crippen LogP contribution is 2.18. The average molecular weight is 167 g/mol. The Hall–Kier alpha value is -1.25. The molecule has 0 aliphatic heterocycles. The lowest BCUT2D eigenvalue weighted by Crippen LogP contribution is -2.05. The average Bonchev–Trinajstić information content (AvgIpc) is 2.32. The molecular weight excluding hydrogens is 154 g/mol. The maximum absolute atomic E-state index is 11.0. The third-order valence-corrected chi connectivity index (χ3v) is 1.74. The zero-order valence-electron chi connectivity index (χ0n) is 7.37. The lowest BCUT2D eigenvalue weighted by molar-refractivity contribution is 0.100. The zero-order chi connectivity index (χ0) is 9.14. The number of aromatic hydroxyl groups is 1. The molecule has 1 rings (SSSR count). The Balaban J connectivity index is 3.04. The molecule has 0 aromatic carbocycles. The maximum Gasteiger partial charge on any atom is 0.179 e. The van der Waals surface area contributed by atoms with Crippen molar-refractivity contribution in [3.8, 4) is 5.75 Å². The molecule has 1 aromatic rings. The Morgan fingerprint density at radius 3 is 2.83 bits per heavy atom. The van der Waals surface area contributed by atoms with E-state index in [9.17, 15) is 9.90 Å². The fourth-order valence-electron chi connectivity index (χ4n) is 1.27. The first kappa shape index (κ1) is 8.84. The summed E-state index contributed by atoms with van der Waals surface area (Å²) in [6, 6.07) is 1.55. The minimum absolute atomic E-state index is 0.0796. The second-order valence-electron chi connectivity index (χ2n) is 2.80. The highest BCUT2D eigenvalue weighted by Gasteiger charge is 2.11. The Morgan fingerprint density at radius 2 is 2.33 bits per heavy atom. The van der Waals surface area contributed by atoms with Crippen molar-refractivity contribution < 1.29 is 9.90 Å². The molecule has 0 radical (unpaired) electrons. The summed E-state index contributed by atoms with van der Waals surface area (Å²) in [7, 11) is 0. The van der Waals surface area contributed by atoms with Gasteiger partial charge in [-0.3, -0.25) is 4.79 Å². The van der Waals surface area contributed by atoms with Gasteiger partial charge in [0.2, 0.25) is 0 Å². The van der Waals surface area contributed by atoms with Gasteiger partial charge in [-0.05, 0) is 12.5 Å². The van der Waals surface area contributed by atoms with Crippen molar-refractivity contribution in [2.24, 2.45) is 0 Å². The highest BCUT2D eigenvalue weighted by molar-refractivity contribution is 5.95. The topological polar surface area (TPSA) is 42.2 Å². The molecule has 0 unspecified atom stereocenters. The van der Waals surface area contributed by atoms with E-state index in [-0.39, 0.29) is 11.5 Å². The molecule has 0 saturated heterocycles. The molecule has 0 amide bonds. The molecule has 0 aliphatic carbocycles. The van der Waals surface area contributed by atoms with Crippen LogP contribution in [0.15, 0.2) is 12.3 Å². The number of aryl methyl sites for hydroxylation is 1. The number of rotatable bonds is 3. The summed E-state index contributed by atoms with van der Waals surface area (Å²) < 4.78 is 1.78. The summed E-state index contributed by atoms with van der Waals surface area (Å²) in [6.07, 6.45) is 2.68. The lowest BCUT2D eigenvalue weighted by atomic mass is 10.3. The van der Waals surface area contributed by atoms with Crippen molar-refractivity contribution in [3.05, 3.63) is 18.0 Å². The van der Waals surface area contributed by atoms with Crippen LogP contribution in [-0.2, 0) is 6.54 Å². The van der Waals surface area contributed by atoms with Crippen LogP contribution in [0.25, 0.3) is 0 Å². The third-order valence-electron chi connectivity index (χ3n) is 1.74. The Labute approximate surface area is 71.6 Å². The van der Waals surface area contributed by atoms with E-state index in [0.717, 1.165) is 13.0 Å². The van der Waals surface area contributed by atoms with E-state index in [1.807, 2.05) is 6.92 Å². The normalized spacial score (nSPS) is 10.2. The van der Waals surface area contributed by atoms with Crippen LogP contribution < -0.4 is 0 Å². The maximum atomic E-state index is 11.0. The largest absolute Gasteiger partial charge is 0.506 e. The van der Waals surface area contributed by atoms with Gasteiger partial charge in [-0.1, -0.05) is 6.92 Å². The molecule has 0 aliphatic rings. The summed E-state index contributed by atoms with van der Waals surface area (Å²) in [4.78, 5) is 11.0. The van der Waals surface area contributed by atoms with Crippen LogP contribution in [0, 0.1) is 0 Å². The van der Waals surface area contributed by atoms with Gasteiger partial charge in [0.1, 0.15) is 11.4 Å².